The molecular weight excluding hydrogens is 392 g/mol. The van der Waals surface area contributed by atoms with Crippen LogP contribution >= 0.6 is 0 Å². The van der Waals surface area contributed by atoms with Gasteiger partial charge in [0.05, 0.1) is 0 Å². The molecule has 1 unspecified atom stereocenters. The van der Waals surface area contributed by atoms with Crippen molar-refractivity contribution >= 4 is 17.7 Å². The Hall–Kier alpha value is -3.33. The number of hydrogen-bond donors (Lipinski definition) is 1. The highest BCUT2D eigenvalue weighted by Gasteiger charge is 2.57. The molecule has 3 aromatic rings. The van der Waals surface area contributed by atoms with Crippen molar-refractivity contribution in [1.29, 1.82) is 0 Å². The summed E-state index contributed by atoms with van der Waals surface area (Å²) in [5.74, 6) is 0.118. The Morgan fingerprint density at radius 1 is 0.969 bits per heavy atom. The van der Waals surface area contributed by atoms with Crippen LogP contribution in [-0.2, 0) is 16.6 Å². The van der Waals surface area contributed by atoms with Gasteiger partial charge in [0.25, 0.3) is 0 Å². The maximum atomic E-state index is 12.6. The number of anilines is 1. The highest BCUT2D eigenvalue weighted by molar-refractivity contribution is 5.85. The van der Waals surface area contributed by atoms with Crippen LogP contribution in [0.3, 0.4) is 0 Å². The molecule has 2 heterocycles. The van der Waals surface area contributed by atoms with Crippen molar-refractivity contribution < 1.29 is 4.79 Å². The maximum Gasteiger partial charge on any atom is 0.223 e. The molecular formula is C29H28N2O. The summed E-state index contributed by atoms with van der Waals surface area (Å²) >= 11 is 0. The van der Waals surface area contributed by atoms with Crippen molar-refractivity contribution in [3.63, 3.8) is 0 Å². The number of amides is 1. The van der Waals surface area contributed by atoms with Crippen LogP contribution in [0.2, 0.25) is 0 Å². The molecule has 3 aliphatic rings. The second-order valence-electron chi connectivity index (χ2n) is 9.95. The van der Waals surface area contributed by atoms with E-state index in [9.17, 15) is 4.79 Å². The molecule has 1 amide bonds. The van der Waals surface area contributed by atoms with Gasteiger partial charge in [-0.1, -0.05) is 80.1 Å². The lowest BCUT2D eigenvalue weighted by Gasteiger charge is -2.49. The minimum absolute atomic E-state index is 0.118. The molecule has 3 heteroatoms. The Morgan fingerprint density at radius 3 is 2.66 bits per heavy atom. The standard InChI is InChI=1S/C29H28N2O/c1-19-8-11-26-25(16-19)28(2,3)29(30-27(32)13-15-31(26)29)14-12-20-9-10-24-22(17-20)18-21-6-4-5-7-23(21)24/h4-12,14,16-17H,13,15,18H2,1-3H3,(H,30,32). The molecule has 6 rings (SSSR count). The number of benzene rings is 3. The first-order chi connectivity index (χ1) is 15.4. The fourth-order valence-electron chi connectivity index (χ4n) is 5.95. The normalized spacial score (nSPS) is 22.3. The number of hydrogen-bond acceptors (Lipinski definition) is 2. The summed E-state index contributed by atoms with van der Waals surface area (Å²) < 4.78 is 0. The molecule has 1 N–H and O–H groups in total. The lowest BCUT2D eigenvalue weighted by Crippen LogP contribution is -2.68. The lowest BCUT2D eigenvalue weighted by atomic mass is 9.74. The third-order valence-corrected chi connectivity index (χ3v) is 7.72. The molecule has 0 spiro atoms. The van der Waals surface area contributed by atoms with E-state index in [1.54, 1.807) is 0 Å². The van der Waals surface area contributed by atoms with E-state index in [0.717, 1.165) is 13.0 Å². The summed E-state index contributed by atoms with van der Waals surface area (Å²) in [6.07, 6.45) is 5.93. The van der Waals surface area contributed by atoms with E-state index >= 15 is 0 Å². The second kappa shape index (κ2) is 6.59. The molecule has 0 saturated carbocycles. The van der Waals surface area contributed by atoms with Gasteiger partial charge in [0.15, 0.2) is 0 Å². The van der Waals surface area contributed by atoms with Crippen LogP contribution in [0.1, 0.15) is 48.1 Å². The molecule has 32 heavy (non-hydrogen) atoms. The van der Waals surface area contributed by atoms with Gasteiger partial charge in [0, 0.05) is 24.1 Å². The summed E-state index contributed by atoms with van der Waals surface area (Å²) in [5.41, 5.74) is 9.60. The van der Waals surface area contributed by atoms with Crippen LogP contribution < -0.4 is 10.2 Å². The van der Waals surface area contributed by atoms with Crippen molar-refractivity contribution in [3.8, 4) is 11.1 Å². The highest BCUT2D eigenvalue weighted by Crippen LogP contribution is 2.52. The largest absolute Gasteiger partial charge is 0.344 e. The fourth-order valence-corrected chi connectivity index (χ4v) is 5.95. The number of carbonyl (C=O) groups excluding carboxylic acids is 1. The van der Waals surface area contributed by atoms with Gasteiger partial charge in [-0.25, -0.2) is 0 Å². The van der Waals surface area contributed by atoms with E-state index in [4.69, 9.17) is 0 Å². The van der Waals surface area contributed by atoms with Crippen molar-refractivity contribution in [2.45, 2.75) is 44.7 Å². The quantitative estimate of drug-likeness (QED) is 0.458. The molecule has 1 atom stereocenters. The number of nitrogens with one attached hydrogen (secondary N) is 1. The van der Waals surface area contributed by atoms with E-state index in [1.807, 2.05) is 0 Å². The Balaban J connectivity index is 1.42. The van der Waals surface area contributed by atoms with Gasteiger partial charge in [0.1, 0.15) is 5.66 Å². The Bertz CT molecular complexity index is 1300. The Labute approximate surface area is 189 Å². The molecule has 1 aliphatic carbocycles. The number of nitrogens with zero attached hydrogens (tertiary/aromatic N) is 1. The average molecular weight is 421 g/mol. The van der Waals surface area contributed by atoms with Crippen LogP contribution in [0.4, 0.5) is 5.69 Å². The van der Waals surface area contributed by atoms with Gasteiger partial charge < -0.3 is 10.2 Å². The van der Waals surface area contributed by atoms with Crippen LogP contribution in [-0.4, -0.2) is 18.1 Å². The Kier molecular flexibility index (Phi) is 3.98. The van der Waals surface area contributed by atoms with Gasteiger partial charge in [-0.15, -0.1) is 0 Å². The summed E-state index contributed by atoms with van der Waals surface area (Å²) in [4.78, 5) is 15.0. The van der Waals surface area contributed by atoms with Crippen LogP contribution in [0.5, 0.6) is 0 Å². The predicted molar refractivity (Wildman–Crippen MR) is 131 cm³/mol. The first-order valence-electron chi connectivity index (χ1n) is 11.5. The smallest absolute Gasteiger partial charge is 0.223 e. The minimum Gasteiger partial charge on any atom is -0.344 e. The molecule has 1 fully saturated rings. The van der Waals surface area contributed by atoms with Gasteiger partial charge in [-0.3, -0.25) is 4.79 Å². The summed E-state index contributed by atoms with van der Waals surface area (Å²) in [6.45, 7) is 7.37. The van der Waals surface area contributed by atoms with Gasteiger partial charge in [-0.2, -0.15) is 0 Å². The third kappa shape index (κ3) is 2.57. The molecule has 3 nitrogen and oxygen atoms in total. The van der Waals surface area contributed by atoms with Crippen molar-refractivity contribution in [2.75, 3.05) is 11.4 Å². The number of carbonyl (C=O) groups is 1. The zero-order valence-corrected chi connectivity index (χ0v) is 18.9. The van der Waals surface area contributed by atoms with Crippen LogP contribution in [0, 0.1) is 6.92 Å². The lowest BCUT2D eigenvalue weighted by molar-refractivity contribution is -0.124. The van der Waals surface area contributed by atoms with Gasteiger partial charge in [0.2, 0.25) is 5.91 Å². The minimum atomic E-state index is -0.569. The van der Waals surface area contributed by atoms with Crippen LogP contribution in [0.15, 0.2) is 66.7 Å². The Morgan fingerprint density at radius 2 is 1.78 bits per heavy atom. The fraction of sp³-hybridized carbons (Fsp3) is 0.276. The summed E-state index contributed by atoms with van der Waals surface area (Å²) in [5, 5.41) is 3.39. The first-order valence-corrected chi connectivity index (χ1v) is 11.5. The molecule has 0 radical (unpaired) electrons. The molecule has 160 valence electrons. The molecule has 2 aliphatic heterocycles. The van der Waals surface area contributed by atoms with E-state index < -0.39 is 5.66 Å². The molecule has 0 bridgehead atoms. The predicted octanol–water partition coefficient (Wildman–Crippen LogP) is 5.59. The first kappa shape index (κ1) is 19.4. The zero-order chi connectivity index (χ0) is 22.1. The molecule has 0 aromatic heterocycles. The third-order valence-electron chi connectivity index (χ3n) is 7.72. The SMILES string of the molecule is Cc1ccc2c(c1)C(C)(C)C1(C=Cc3ccc4c(c3)Cc3ccccc3-4)NC(=O)CCN21. The van der Waals surface area contributed by atoms with Crippen molar-refractivity contribution in [2.24, 2.45) is 0 Å². The number of fused-ring (bicyclic) bond motifs is 6. The molecule has 3 aromatic carbocycles. The van der Waals surface area contributed by atoms with E-state index in [0.29, 0.717) is 6.42 Å². The van der Waals surface area contributed by atoms with Crippen LogP contribution in [0.25, 0.3) is 17.2 Å². The summed E-state index contributed by atoms with van der Waals surface area (Å²) in [7, 11) is 0. The van der Waals surface area contributed by atoms with Crippen molar-refractivity contribution in [3.05, 3.63) is 94.6 Å². The molecule has 1 saturated heterocycles. The van der Waals surface area contributed by atoms with E-state index in [-0.39, 0.29) is 11.3 Å². The number of aryl methyl sites for hydroxylation is 1. The number of rotatable bonds is 2. The van der Waals surface area contributed by atoms with Gasteiger partial charge >= 0.3 is 0 Å². The van der Waals surface area contributed by atoms with Gasteiger partial charge in [-0.05, 0) is 58.9 Å². The van der Waals surface area contributed by atoms with E-state index in [2.05, 4.69) is 104 Å². The summed E-state index contributed by atoms with van der Waals surface area (Å²) in [6, 6.07) is 22.1. The van der Waals surface area contributed by atoms with Crippen molar-refractivity contribution in [1.82, 2.24) is 5.32 Å². The highest BCUT2D eigenvalue weighted by atomic mass is 16.2. The topological polar surface area (TPSA) is 32.3 Å². The second-order valence-corrected chi connectivity index (χ2v) is 9.95. The monoisotopic (exact) mass is 420 g/mol. The van der Waals surface area contributed by atoms with E-state index in [1.165, 1.54) is 44.6 Å². The average Bonchev–Trinajstić information content (AvgIpc) is 3.23. The zero-order valence-electron chi connectivity index (χ0n) is 18.9. The maximum absolute atomic E-state index is 12.6.